The molecule has 0 saturated carbocycles. The second-order valence-corrected chi connectivity index (χ2v) is 9.87. The Morgan fingerprint density at radius 1 is 1.26 bits per heavy atom. The summed E-state index contributed by atoms with van der Waals surface area (Å²) in [5.74, 6) is -0.638. The molecule has 0 spiro atoms. The topological polar surface area (TPSA) is 119 Å². The lowest BCUT2D eigenvalue weighted by Gasteiger charge is -2.15. The van der Waals surface area contributed by atoms with Gasteiger partial charge >= 0.3 is 5.97 Å². The van der Waals surface area contributed by atoms with Gasteiger partial charge in [0.15, 0.2) is 5.16 Å². The number of hydrogen-bond donors (Lipinski definition) is 2. The quantitative estimate of drug-likeness (QED) is 0.205. The second-order valence-electron chi connectivity index (χ2n) is 7.82. The minimum atomic E-state index is -0.560. The Morgan fingerprint density at radius 2 is 2.00 bits per heavy atom. The Morgan fingerprint density at radius 3 is 2.69 bits per heavy atom. The first-order valence-corrected chi connectivity index (χ1v) is 12.8. The number of nitrogens with zero attached hydrogens (tertiary/aromatic N) is 3. The lowest BCUT2D eigenvalue weighted by atomic mass is 10.1. The number of esters is 1. The van der Waals surface area contributed by atoms with Crippen LogP contribution in [-0.4, -0.2) is 43.5 Å². The summed E-state index contributed by atoms with van der Waals surface area (Å²) in [5, 5.41) is 9.09. The second kappa shape index (κ2) is 10.4. The zero-order valence-electron chi connectivity index (χ0n) is 19.7. The minimum Gasteiger partial charge on any atom is -0.462 e. The van der Waals surface area contributed by atoms with Crippen LogP contribution in [0.15, 0.2) is 45.8 Å². The highest BCUT2D eigenvalue weighted by Gasteiger charge is 2.25. The molecule has 1 unspecified atom stereocenters. The number of carbonyl (C=O) groups is 2. The predicted molar refractivity (Wildman–Crippen MR) is 138 cm³/mol. The molecular weight excluding hydrogens is 486 g/mol. The van der Waals surface area contributed by atoms with Crippen molar-refractivity contribution < 1.29 is 14.3 Å². The van der Waals surface area contributed by atoms with Crippen molar-refractivity contribution in [1.29, 1.82) is 0 Å². The zero-order chi connectivity index (χ0) is 25.1. The molecule has 3 aromatic heterocycles. The Labute approximate surface area is 209 Å². The normalized spacial score (nSPS) is 12.0. The van der Waals surface area contributed by atoms with Crippen LogP contribution >= 0.6 is 23.1 Å². The van der Waals surface area contributed by atoms with Crippen molar-refractivity contribution in [1.82, 2.24) is 19.7 Å². The maximum atomic E-state index is 13.1. The van der Waals surface area contributed by atoms with Crippen molar-refractivity contribution in [2.24, 2.45) is 7.05 Å². The van der Waals surface area contributed by atoms with Crippen LogP contribution in [0.5, 0.6) is 0 Å². The molecule has 0 aliphatic heterocycles. The number of fused-ring (bicyclic) bond motifs is 1. The molecule has 0 aliphatic rings. The van der Waals surface area contributed by atoms with Crippen molar-refractivity contribution >= 4 is 51.0 Å². The molecule has 9 nitrogen and oxygen atoms in total. The molecule has 0 radical (unpaired) electrons. The number of amides is 1. The third-order valence-corrected chi connectivity index (χ3v) is 7.50. The molecule has 11 heteroatoms. The molecule has 4 rings (SSSR count). The average molecular weight is 512 g/mol. The van der Waals surface area contributed by atoms with E-state index < -0.39 is 11.2 Å². The van der Waals surface area contributed by atoms with Crippen LogP contribution in [0.1, 0.15) is 36.2 Å². The van der Waals surface area contributed by atoms with Gasteiger partial charge in [0.2, 0.25) is 5.91 Å². The number of ether oxygens (including phenoxy) is 1. The number of aromatic amines is 1. The van der Waals surface area contributed by atoms with Crippen LogP contribution in [0.25, 0.3) is 21.3 Å². The molecule has 0 aliphatic carbocycles. The van der Waals surface area contributed by atoms with Crippen molar-refractivity contribution in [2.75, 3.05) is 11.9 Å². The first kappa shape index (κ1) is 24.7. The van der Waals surface area contributed by atoms with E-state index in [0.29, 0.717) is 21.8 Å². The average Bonchev–Trinajstić information content (AvgIpc) is 3.42. The molecule has 0 saturated heterocycles. The Kier molecular flexibility index (Phi) is 7.37. The Hall–Kier alpha value is -3.44. The van der Waals surface area contributed by atoms with Gasteiger partial charge < -0.3 is 15.0 Å². The fourth-order valence-corrected chi connectivity index (χ4v) is 5.43. The lowest BCUT2D eigenvalue weighted by molar-refractivity contribution is -0.115. The van der Waals surface area contributed by atoms with E-state index in [1.165, 1.54) is 34.0 Å². The van der Waals surface area contributed by atoms with Gasteiger partial charge in [0.25, 0.3) is 5.56 Å². The summed E-state index contributed by atoms with van der Waals surface area (Å²) in [4.78, 5) is 46.3. The summed E-state index contributed by atoms with van der Waals surface area (Å²) in [6, 6.07) is 7.98. The molecule has 182 valence electrons. The molecular formula is C24H25N5O4S2. The van der Waals surface area contributed by atoms with Gasteiger partial charge in [-0.05, 0) is 25.8 Å². The molecule has 35 heavy (non-hydrogen) atoms. The van der Waals surface area contributed by atoms with E-state index in [1.54, 1.807) is 14.0 Å². The number of aromatic nitrogens is 4. The summed E-state index contributed by atoms with van der Waals surface area (Å²) in [6.07, 6.45) is 1.83. The number of benzene rings is 1. The van der Waals surface area contributed by atoms with Crippen molar-refractivity contribution in [3.63, 3.8) is 0 Å². The van der Waals surface area contributed by atoms with E-state index in [0.717, 1.165) is 16.7 Å². The van der Waals surface area contributed by atoms with Gasteiger partial charge in [-0.1, -0.05) is 48.5 Å². The highest BCUT2D eigenvalue weighted by Crippen LogP contribution is 2.32. The Balaban J connectivity index is 1.57. The predicted octanol–water partition coefficient (Wildman–Crippen LogP) is 4.38. The smallest absolute Gasteiger partial charge is 0.343 e. The largest absolute Gasteiger partial charge is 0.462 e. The molecule has 1 atom stereocenters. The summed E-state index contributed by atoms with van der Waals surface area (Å²) in [5.41, 5.74) is 2.86. The summed E-state index contributed by atoms with van der Waals surface area (Å²) in [7, 11) is 1.63. The lowest BCUT2D eigenvalue weighted by Crippen LogP contribution is -2.27. The van der Waals surface area contributed by atoms with Gasteiger partial charge in [0.1, 0.15) is 16.2 Å². The number of anilines is 1. The fourth-order valence-electron chi connectivity index (χ4n) is 3.53. The van der Waals surface area contributed by atoms with E-state index in [4.69, 9.17) is 4.74 Å². The number of H-pyrrole nitrogens is 1. The van der Waals surface area contributed by atoms with E-state index in [9.17, 15) is 14.4 Å². The number of thioether (sulfide) groups is 1. The minimum absolute atomic E-state index is 0.178. The van der Waals surface area contributed by atoms with Crippen LogP contribution in [0.4, 0.5) is 5.82 Å². The van der Waals surface area contributed by atoms with E-state index in [-0.39, 0.29) is 29.5 Å². The number of thiophene rings is 1. The number of nitrogens with one attached hydrogen (secondary N) is 2. The van der Waals surface area contributed by atoms with Gasteiger partial charge in [0.05, 0.1) is 23.4 Å². The SMILES string of the molecule is CCOC(=O)c1cnn(C)c1NC(=O)C(CC)Sc1nc2scc(-c3ccc(C)cc3)c2c(=O)[nH]1. The number of carbonyl (C=O) groups excluding carboxylic acids is 2. The number of rotatable bonds is 8. The summed E-state index contributed by atoms with van der Waals surface area (Å²) < 4.78 is 6.45. The third kappa shape index (κ3) is 5.15. The van der Waals surface area contributed by atoms with Gasteiger partial charge in [0, 0.05) is 18.0 Å². The summed E-state index contributed by atoms with van der Waals surface area (Å²) >= 11 is 2.56. The summed E-state index contributed by atoms with van der Waals surface area (Å²) in [6.45, 7) is 5.80. The maximum Gasteiger partial charge on any atom is 0.343 e. The number of aryl methyl sites for hydroxylation is 2. The number of hydrogen-bond acceptors (Lipinski definition) is 8. The van der Waals surface area contributed by atoms with Crippen molar-refractivity contribution in [3.05, 3.63) is 57.3 Å². The molecule has 2 N–H and O–H groups in total. The third-order valence-electron chi connectivity index (χ3n) is 5.38. The monoisotopic (exact) mass is 511 g/mol. The van der Waals surface area contributed by atoms with Crippen molar-refractivity contribution in [2.45, 2.75) is 37.6 Å². The van der Waals surface area contributed by atoms with Gasteiger partial charge in [-0.3, -0.25) is 14.3 Å². The highest BCUT2D eigenvalue weighted by atomic mass is 32.2. The van der Waals surface area contributed by atoms with E-state index >= 15 is 0 Å². The molecule has 0 fully saturated rings. The van der Waals surface area contributed by atoms with Gasteiger partial charge in [-0.25, -0.2) is 9.78 Å². The van der Waals surface area contributed by atoms with Crippen LogP contribution in [-0.2, 0) is 16.6 Å². The molecule has 0 bridgehead atoms. The van der Waals surface area contributed by atoms with Crippen molar-refractivity contribution in [3.8, 4) is 11.1 Å². The standard InChI is InChI=1S/C24H25N5O4S2/c1-5-17(20(30)26-19-15(11-25-29(19)4)23(32)33-6-2)35-24-27-21(31)18-16(12-34-22(18)28-24)14-9-7-13(3)8-10-14/h7-12,17H,5-6H2,1-4H3,(H,26,30)(H,27,28,31). The molecule has 1 aromatic carbocycles. The van der Waals surface area contributed by atoms with Crippen LogP contribution in [0.3, 0.4) is 0 Å². The highest BCUT2D eigenvalue weighted by molar-refractivity contribution is 8.00. The first-order chi connectivity index (χ1) is 16.8. The van der Waals surface area contributed by atoms with Crippen LogP contribution in [0.2, 0.25) is 0 Å². The Bertz CT molecular complexity index is 1440. The first-order valence-electron chi connectivity index (χ1n) is 11.1. The van der Waals surface area contributed by atoms with Crippen LogP contribution in [0, 0.1) is 6.92 Å². The zero-order valence-corrected chi connectivity index (χ0v) is 21.4. The molecule has 1 amide bonds. The van der Waals surface area contributed by atoms with Gasteiger partial charge in [-0.2, -0.15) is 5.10 Å². The van der Waals surface area contributed by atoms with Crippen LogP contribution < -0.4 is 10.9 Å². The molecule has 3 heterocycles. The fraction of sp³-hybridized carbons (Fsp3) is 0.292. The maximum absolute atomic E-state index is 13.1. The van der Waals surface area contributed by atoms with Gasteiger partial charge in [-0.15, -0.1) is 11.3 Å². The molecule has 4 aromatic rings. The van der Waals surface area contributed by atoms with E-state index in [2.05, 4.69) is 20.4 Å². The van der Waals surface area contributed by atoms with E-state index in [1.807, 2.05) is 43.5 Å².